The van der Waals surface area contributed by atoms with Gasteiger partial charge in [0.1, 0.15) is 17.3 Å². The highest BCUT2D eigenvalue weighted by Crippen LogP contribution is 2.28. The molecule has 0 aliphatic heterocycles. The summed E-state index contributed by atoms with van der Waals surface area (Å²) in [5, 5.41) is 30.3. The molecule has 4 heteroatoms. The Morgan fingerprint density at radius 1 is 1.00 bits per heavy atom. The normalized spacial score (nSPS) is 14.2. The minimum Gasteiger partial charge on any atom is -0.508 e. The summed E-state index contributed by atoms with van der Waals surface area (Å²) in [6.07, 6.45) is 11.1. The van der Waals surface area contributed by atoms with Gasteiger partial charge < -0.3 is 19.7 Å². The number of furan rings is 1. The van der Waals surface area contributed by atoms with Gasteiger partial charge in [0, 0.05) is 12.0 Å². The van der Waals surface area contributed by atoms with Crippen molar-refractivity contribution >= 4 is 0 Å². The molecule has 0 amide bonds. The van der Waals surface area contributed by atoms with Crippen LogP contribution in [0.1, 0.15) is 62.5 Å². The molecule has 0 spiro atoms. The Labute approximate surface area is 186 Å². The summed E-state index contributed by atoms with van der Waals surface area (Å²) in [6, 6.07) is 5.19. The number of aliphatic hydroxyl groups is 1. The molecule has 3 N–H and O–H groups in total. The van der Waals surface area contributed by atoms with Gasteiger partial charge in [-0.25, -0.2) is 0 Å². The first-order valence-corrected chi connectivity index (χ1v) is 10.9. The molecule has 0 fully saturated rings. The van der Waals surface area contributed by atoms with Gasteiger partial charge in [0.25, 0.3) is 0 Å². The standard InChI is InChI=1S/C27H36O4/c1-18(7-6-8-19(2)13-26-14-21(4)17-31-26)11-24(28)12-20(3)9-10-23-16-25(29)15-22(5)27(23)30/h8-9,11,14-17,24,28-30H,6-7,10,12-13H2,1-5H3/b18-11+,19-8+,20-9+. The molecular weight excluding hydrogens is 388 g/mol. The lowest BCUT2D eigenvalue weighted by atomic mass is 10.0. The van der Waals surface area contributed by atoms with Crippen LogP contribution in [0.25, 0.3) is 0 Å². The second-order valence-corrected chi connectivity index (χ2v) is 8.67. The summed E-state index contributed by atoms with van der Waals surface area (Å²) in [5.74, 6) is 1.35. The van der Waals surface area contributed by atoms with E-state index in [0.717, 1.165) is 36.2 Å². The fourth-order valence-electron chi connectivity index (χ4n) is 3.63. The highest BCUT2D eigenvalue weighted by Gasteiger charge is 2.07. The molecule has 0 bridgehead atoms. The van der Waals surface area contributed by atoms with Gasteiger partial charge in [0.05, 0.1) is 12.4 Å². The lowest BCUT2D eigenvalue weighted by molar-refractivity contribution is 0.222. The van der Waals surface area contributed by atoms with E-state index < -0.39 is 6.10 Å². The van der Waals surface area contributed by atoms with E-state index >= 15 is 0 Å². The molecule has 4 nitrogen and oxygen atoms in total. The molecule has 168 valence electrons. The van der Waals surface area contributed by atoms with Gasteiger partial charge in [-0.1, -0.05) is 34.9 Å². The highest BCUT2D eigenvalue weighted by molar-refractivity contribution is 5.46. The SMILES string of the molecule is C/C(=C\C(O)C/C(C)=C/Cc1cc(O)cc(C)c1O)CC/C=C(\C)Cc1cc(C)co1. The molecule has 1 unspecified atom stereocenters. The van der Waals surface area contributed by atoms with Crippen LogP contribution >= 0.6 is 0 Å². The first-order chi connectivity index (χ1) is 14.6. The van der Waals surface area contributed by atoms with Gasteiger partial charge in [-0.2, -0.15) is 0 Å². The van der Waals surface area contributed by atoms with Crippen molar-refractivity contribution in [1.29, 1.82) is 0 Å². The van der Waals surface area contributed by atoms with Gasteiger partial charge >= 0.3 is 0 Å². The molecule has 0 aliphatic carbocycles. The van der Waals surface area contributed by atoms with Gasteiger partial charge in [0.15, 0.2) is 0 Å². The largest absolute Gasteiger partial charge is 0.508 e. The van der Waals surface area contributed by atoms with E-state index in [0.29, 0.717) is 24.0 Å². The number of benzene rings is 1. The lowest BCUT2D eigenvalue weighted by Gasteiger charge is -2.10. The highest BCUT2D eigenvalue weighted by atomic mass is 16.3. The molecule has 2 rings (SSSR count). The number of hydrogen-bond acceptors (Lipinski definition) is 4. The van der Waals surface area contributed by atoms with Crippen molar-refractivity contribution in [1.82, 2.24) is 0 Å². The molecule has 1 heterocycles. The van der Waals surface area contributed by atoms with Gasteiger partial charge in [0.2, 0.25) is 0 Å². The van der Waals surface area contributed by atoms with E-state index in [1.165, 1.54) is 11.1 Å². The lowest BCUT2D eigenvalue weighted by Crippen LogP contribution is -2.04. The predicted octanol–water partition coefficient (Wildman–Crippen LogP) is 6.46. The number of aliphatic hydroxyl groups excluding tert-OH is 1. The number of hydrogen-bond donors (Lipinski definition) is 3. The summed E-state index contributed by atoms with van der Waals surface area (Å²) in [7, 11) is 0. The van der Waals surface area contributed by atoms with Gasteiger partial charge in [-0.15, -0.1) is 0 Å². The van der Waals surface area contributed by atoms with Crippen LogP contribution in [-0.2, 0) is 12.8 Å². The molecule has 2 aromatic rings. The third-order valence-corrected chi connectivity index (χ3v) is 5.31. The van der Waals surface area contributed by atoms with Crippen molar-refractivity contribution in [2.24, 2.45) is 0 Å². The molecule has 0 radical (unpaired) electrons. The summed E-state index contributed by atoms with van der Waals surface area (Å²) in [4.78, 5) is 0. The number of allylic oxidation sites excluding steroid dienone is 4. The molecule has 0 saturated carbocycles. The Balaban J connectivity index is 1.82. The van der Waals surface area contributed by atoms with Crippen LogP contribution in [-0.4, -0.2) is 21.4 Å². The van der Waals surface area contributed by atoms with Crippen molar-refractivity contribution in [2.75, 3.05) is 0 Å². The summed E-state index contributed by atoms with van der Waals surface area (Å²) < 4.78 is 5.50. The number of rotatable bonds is 10. The van der Waals surface area contributed by atoms with Crippen molar-refractivity contribution in [2.45, 2.75) is 72.8 Å². The number of aromatic hydroxyl groups is 2. The van der Waals surface area contributed by atoms with E-state index in [9.17, 15) is 15.3 Å². The number of aryl methyl sites for hydroxylation is 2. The molecule has 31 heavy (non-hydrogen) atoms. The first kappa shape index (κ1) is 24.5. The Bertz CT molecular complexity index is 960. The maximum absolute atomic E-state index is 10.4. The molecular formula is C27H36O4. The third-order valence-electron chi connectivity index (χ3n) is 5.31. The van der Waals surface area contributed by atoms with E-state index in [2.05, 4.69) is 26.0 Å². The third kappa shape index (κ3) is 8.50. The quantitative estimate of drug-likeness (QED) is 0.302. The Hall–Kier alpha value is -2.72. The topological polar surface area (TPSA) is 73.8 Å². The monoisotopic (exact) mass is 424 g/mol. The minimum absolute atomic E-state index is 0.151. The van der Waals surface area contributed by atoms with E-state index in [1.54, 1.807) is 25.3 Å². The van der Waals surface area contributed by atoms with Crippen LogP contribution in [0, 0.1) is 13.8 Å². The van der Waals surface area contributed by atoms with Crippen molar-refractivity contribution in [3.05, 3.63) is 81.9 Å². The molecule has 1 aromatic heterocycles. The molecule has 1 aromatic carbocycles. The van der Waals surface area contributed by atoms with E-state index in [-0.39, 0.29) is 11.5 Å². The number of phenols is 2. The van der Waals surface area contributed by atoms with Crippen LogP contribution < -0.4 is 0 Å². The van der Waals surface area contributed by atoms with Gasteiger partial charge in [-0.3, -0.25) is 0 Å². The van der Waals surface area contributed by atoms with Crippen molar-refractivity contribution in [3.63, 3.8) is 0 Å². The Morgan fingerprint density at radius 3 is 2.42 bits per heavy atom. The second kappa shape index (κ2) is 11.6. The zero-order valence-corrected chi connectivity index (χ0v) is 19.4. The second-order valence-electron chi connectivity index (χ2n) is 8.67. The fourth-order valence-corrected chi connectivity index (χ4v) is 3.63. The first-order valence-electron chi connectivity index (χ1n) is 10.9. The fraction of sp³-hybridized carbons (Fsp3) is 0.407. The molecule has 0 aliphatic rings. The van der Waals surface area contributed by atoms with Crippen molar-refractivity contribution in [3.8, 4) is 11.5 Å². The van der Waals surface area contributed by atoms with Crippen LogP contribution in [0.2, 0.25) is 0 Å². The summed E-state index contributed by atoms with van der Waals surface area (Å²) >= 11 is 0. The molecule has 0 saturated heterocycles. The smallest absolute Gasteiger partial charge is 0.122 e. The average molecular weight is 425 g/mol. The maximum Gasteiger partial charge on any atom is 0.122 e. The van der Waals surface area contributed by atoms with E-state index in [1.807, 2.05) is 26.0 Å². The summed E-state index contributed by atoms with van der Waals surface area (Å²) in [5.41, 5.74) is 5.98. The van der Waals surface area contributed by atoms with E-state index in [4.69, 9.17) is 4.42 Å². The zero-order chi connectivity index (χ0) is 23.0. The van der Waals surface area contributed by atoms with Crippen molar-refractivity contribution < 1.29 is 19.7 Å². The molecule has 1 atom stereocenters. The van der Waals surface area contributed by atoms with Crippen LogP contribution in [0.3, 0.4) is 0 Å². The Kier molecular flexibility index (Phi) is 9.20. The minimum atomic E-state index is -0.535. The summed E-state index contributed by atoms with van der Waals surface area (Å²) in [6.45, 7) is 9.93. The number of phenolic OH excluding ortho intramolecular Hbond substituents is 2. The van der Waals surface area contributed by atoms with Gasteiger partial charge in [-0.05, 0) is 89.6 Å². The average Bonchev–Trinajstić information content (AvgIpc) is 3.07. The maximum atomic E-state index is 10.4. The predicted molar refractivity (Wildman–Crippen MR) is 126 cm³/mol. The van der Waals surface area contributed by atoms with Crippen LogP contribution in [0.5, 0.6) is 11.5 Å². The Morgan fingerprint density at radius 2 is 1.74 bits per heavy atom. The zero-order valence-electron chi connectivity index (χ0n) is 19.4. The van der Waals surface area contributed by atoms with Crippen LogP contribution in [0.15, 0.2) is 63.8 Å². The van der Waals surface area contributed by atoms with Crippen LogP contribution in [0.4, 0.5) is 0 Å².